The molecule has 0 aliphatic carbocycles. The molecule has 8 nitrogen and oxygen atoms in total. The second-order valence-electron chi connectivity index (χ2n) is 1.42. The highest BCUT2D eigenvalue weighted by atomic mass is 31.1. The van der Waals surface area contributed by atoms with Crippen LogP contribution < -0.4 is 11.0 Å². The van der Waals surface area contributed by atoms with Gasteiger partial charge < -0.3 is 9.05 Å². The lowest BCUT2D eigenvalue weighted by atomic mass is 10.7. The minimum atomic E-state index is -3.05. The summed E-state index contributed by atoms with van der Waals surface area (Å²) in [5.41, 5.74) is 9.11. The van der Waals surface area contributed by atoms with Gasteiger partial charge in [-0.15, -0.1) is 0 Å². The standard InChI is InChI=1S/C2H6N2O6P2/c3-11(7)9-1(5)2(6)10-12(4)8/h11-12H,(H2,3,7)(H2,4,8). The first kappa shape index (κ1) is 11.3. The second kappa shape index (κ2) is 5.05. The third kappa shape index (κ3) is 5.03. The zero-order valence-corrected chi connectivity index (χ0v) is 7.60. The van der Waals surface area contributed by atoms with Crippen LogP contribution in [0.25, 0.3) is 0 Å². The van der Waals surface area contributed by atoms with Crippen molar-refractivity contribution in [3.8, 4) is 0 Å². The molecule has 0 aromatic carbocycles. The molecule has 0 heterocycles. The normalized spacial score (nSPS) is 14.5. The van der Waals surface area contributed by atoms with Crippen LogP contribution in [-0.2, 0) is 27.8 Å². The molecule has 2 atom stereocenters. The largest absolute Gasteiger partial charge is 0.423 e. The first-order valence-corrected chi connectivity index (χ1v) is 5.25. The van der Waals surface area contributed by atoms with Gasteiger partial charge in [0.2, 0.25) is 0 Å². The maximum absolute atomic E-state index is 10.4. The maximum atomic E-state index is 10.4. The van der Waals surface area contributed by atoms with E-state index in [1.807, 2.05) is 0 Å². The number of nitrogens with two attached hydrogens (primary N) is 2. The van der Waals surface area contributed by atoms with E-state index in [-0.39, 0.29) is 0 Å². The van der Waals surface area contributed by atoms with Crippen molar-refractivity contribution in [1.29, 1.82) is 0 Å². The van der Waals surface area contributed by atoms with E-state index in [1.165, 1.54) is 0 Å². The van der Waals surface area contributed by atoms with Crippen molar-refractivity contribution in [2.75, 3.05) is 0 Å². The molecule has 0 aliphatic rings. The Kier molecular flexibility index (Phi) is 4.77. The van der Waals surface area contributed by atoms with E-state index in [4.69, 9.17) is 0 Å². The Morgan fingerprint density at radius 2 is 1.17 bits per heavy atom. The summed E-state index contributed by atoms with van der Waals surface area (Å²) in [5, 5.41) is 0. The second-order valence-corrected chi connectivity index (χ2v) is 3.10. The van der Waals surface area contributed by atoms with E-state index in [1.54, 1.807) is 0 Å². The molecule has 0 amide bonds. The Morgan fingerprint density at radius 1 is 0.917 bits per heavy atom. The number of hydrogen-bond acceptors (Lipinski definition) is 6. The van der Waals surface area contributed by atoms with Crippen molar-refractivity contribution < 1.29 is 27.8 Å². The average Bonchev–Trinajstić information content (AvgIpc) is 1.84. The van der Waals surface area contributed by atoms with Gasteiger partial charge in [0, 0.05) is 0 Å². The zero-order valence-electron chi connectivity index (χ0n) is 5.60. The predicted molar refractivity (Wildman–Crippen MR) is 38.6 cm³/mol. The lowest BCUT2D eigenvalue weighted by Crippen LogP contribution is -2.16. The predicted octanol–water partition coefficient (Wildman–Crippen LogP) is -1.23. The summed E-state index contributed by atoms with van der Waals surface area (Å²) in [6, 6.07) is 0. The molecule has 0 rings (SSSR count). The molecule has 0 bridgehead atoms. The molecule has 0 aliphatic heterocycles. The molecular formula is C2H6N2O6P2. The van der Waals surface area contributed by atoms with Crippen molar-refractivity contribution in [3.63, 3.8) is 0 Å². The lowest BCUT2D eigenvalue weighted by molar-refractivity contribution is -0.155. The fraction of sp³-hybridized carbons (Fsp3) is 0. The van der Waals surface area contributed by atoms with Crippen LogP contribution in [-0.4, -0.2) is 11.9 Å². The Hall–Kier alpha value is -0.680. The zero-order chi connectivity index (χ0) is 9.72. The summed E-state index contributed by atoms with van der Waals surface area (Å²) in [7, 11) is -6.09. The van der Waals surface area contributed by atoms with Gasteiger partial charge in [0.1, 0.15) is 0 Å². The average molecular weight is 216 g/mol. The topological polar surface area (TPSA) is 139 Å². The highest BCUT2D eigenvalue weighted by Gasteiger charge is 2.19. The van der Waals surface area contributed by atoms with Gasteiger partial charge in [0.25, 0.3) is 0 Å². The summed E-state index contributed by atoms with van der Waals surface area (Å²) in [6.07, 6.45) is 0. The van der Waals surface area contributed by atoms with Gasteiger partial charge in [-0.25, -0.2) is 9.59 Å². The molecule has 10 heteroatoms. The van der Waals surface area contributed by atoms with E-state index < -0.39 is 28.3 Å². The van der Waals surface area contributed by atoms with E-state index in [2.05, 4.69) is 20.1 Å². The highest BCUT2D eigenvalue weighted by molar-refractivity contribution is 7.37. The van der Waals surface area contributed by atoms with Crippen LogP contribution in [0.1, 0.15) is 0 Å². The third-order valence-electron chi connectivity index (χ3n) is 0.553. The van der Waals surface area contributed by atoms with E-state index >= 15 is 0 Å². The van der Waals surface area contributed by atoms with Crippen LogP contribution in [0.4, 0.5) is 0 Å². The molecule has 0 saturated heterocycles. The van der Waals surface area contributed by atoms with Crippen LogP contribution in [0.2, 0.25) is 0 Å². The van der Waals surface area contributed by atoms with Crippen molar-refractivity contribution in [2.24, 2.45) is 11.0 Å². The molecule has 0 spiro atoms. The molecule has 0 fully saturated rings. The SMILES string of the molecule is N[PH](=O)OC(=O)C(=O)O[PH](N)=O. The van der Waals surface area contributed by atoms with Gasteiger partial charge in [-0.2, -0.15) is 0 Å². The Morgan fingerprint density at radius 3 is 1.33 bits per heavy atom. The number of rotatable bonds is 2. The van der Waals surface area contributed by atoms with Gasteiger partial charge in [-0.1, -0.05) is 0 Å². The van der Waals surface area contributed by atoms with Gasteiger partial charge in [0.05, 0.1) is 0 Å². The summed E-state index contributed by atoms with van der Waals surface area (Å²) >= 11 is 0. The van der Waals surface area contributed by atoms with E-state index in [0.29, 0.717) is 0 Å². The van der Waals surface area contributed by atoms with Gasteiger partial charge in [-0.05, 0) is 0 Å². The van der Waals surface area contributed by atoms with Crippen LogP contribution >= 0.6 is 16.4 Å². The fourth-order valence-corrected chi connectivity index (χ4v) is 0.798. The molecule has 70 valence electrons. The molecule has 0 saturated carbocycles. The molecule has 0 aromatic rings. The summed E-state index contributed by atoms with van der Waals surface area (Å²) in [6.45, 7) is 0. The smallest absolute Gasteiger partial charge is 0.394 e. The first-order chi connectivity index (χ1) is 5.43. The van der Waals surface area contributed by atoms with Crippen LogP contribution in [0.3, 0.4) is 0 Å². The molecule has 2 unspecified atom stereocenters. The maximum Gasteiger partial charge on any atom is 0.423 e. The Bertz CT molecular complexity index is 224. The lowest BCUT2D eigenvalue weighted by Gasteiger charge is -1.99. The monoisotopic (exact) mass is 216 g/mol. The van der Waals surface area contributed by atoms with Crippen molar-refractivity contribution in [3.05, 3.63) is 0 Å². The summed E-state index contributed by atoms with van der Waals surface area (Å²) < 4.78 is 27.6. The minimum absolute atomic E-state index is 1.58. The number of hydrogen-bond donors (Lipinski definition) is 2. The molecule has 0 aromatic heterocycles. The van der Waals surface area contributed by atoms with Gasteiger partial charge >= 0.3 is 28.3 Å². The molecule has 0 radical (unpaired) electrons. The minimum Gasteiger partial charge on any atom is -0.394 e. The molecular weight excluding hydrogens is 210 g/mol. The Balaban J connectivity index is 4.03. The van der Waals surface area contributed by atoms with Crippen LogP contribution in [0.5, 0.6) is 0 Å². The first-order valence-electron chi connectivity index (χ1n) is 2.46. The fourth-order valence-electron chi connectivity index (χ4n) is 0.266. The van der Waals surface area contributed by atoms with Crippen molar-refractivity contribution in [1.82, 2.24) is 0 Å². The van der Waals surface area contributed by atoms with Crippen LogP contribution in [0.15, 0.2) is 0 Å². The quantitative estimate of drug-likeness (QED) is 0.431. The number of carbonyl (C=O) groups is 2. The van der Waals surface area contributed by atoms with Crippen LogP contribution in [0, 0.1) is 0 Å². The van der Waals surface area contributed by atoms with Crippen molar-refractivity contribution >= 4 is 28.3 Å². The third-order valence-corrected chi connectivity index (χ3v) is 1.33. The molecule has 12 heavy (non-hydrogen) atoms. The highest BCUT2D eigenvalue weighted by Crippen LogP contribution is 2.14. The number of carbonyl (C=O) groups excluding carboxylic acids is 2. The summed E-state index contributed by atoms with van der Waals surface area (Å²) in [5.74, 6) is -3.16. The van der Waals surface area contributed by atoms with Gasteiger partial charge in [0.15, 0.2) is 0 Å². The Labute approximate surface area is 68.0 Å². The summed E-state index contributed by atoms with van der Waals surface area (Å²) in [4.78, 5) is 20.7. The van der Waals surface area contributed by atoms with E-state index in [9.17, 15) is 18.7 Å². The van der Waals surface area contributed by atoms with Gasteiger partial charge in [-0.3, -0.25) is 20.1 Å². The van der Waals surface area contributed by atoms with E-state index in [0.717, 1.165) is 0 Å². The van der Waals surface area contributed by atoms with Crippen molar-refractivity contribution in [2.45, 2.75) is 0 Å². The molecule has 4 N–H and O–H groups in total.